The van der Waals surface area contributed by atoms with Gasteiger partial charge in [0.15, 0.2) is 22.6 Å². The van der Waals surface area contributed by atoms with Crippen molar-refractivity contribution in [3.05, 3.63) is 41.0 Å². The Kier molecular flexibility index (Phi) is 4.89. The monoisotopic (exact) mass is 387 g/mol. The van der Waals surface area contributed by atoms with Crippen LogP contribution < -0.4 is 0 Å². The standard InChI is InChI=1S/C17H17N5O2S2/c1-11(2)8-22-15(13-4-3-6-23-13)19-20-17(22)26-10-14-18-16(24-21-14)12-5-7-25-9-12/h3-7,9,11H,8,10H2,1-2H3. The summed E-state index contributed by atoms with van der Waals surface area (Å²) in [6.07, 6.45) is 1.64. The average Bonchev–Trinajstić information content (AvgIpc) is 3.38. The second-order valence-corrected chi connectivity index (χ2v) is 7.83. The van der Waals surface area contributed by atoms with Gasteiger partial charge in [-0.05, 0) is 29.5 Å². The van der Waals surface area contributed by atoms with Crippen LogP contribution in [0.2, 0.25) is 0 Å². The molecule has 7 nitrogen and oxygen atoms in total. The maximum Gasteiger partial charge on any atom is 0.258 e. The van der Waals surface area contributed by atoms with Crippen LogP contribution in [0, 0.1) is 5.92 Å². The fraction of sp³-hybridized carbons (Fsp3) is 0.294. The first-order valence-electron chi connectivity index (χ1n) is 8.15. The second-order valence-electron chi connectivity index (χ2n) is 6.10. The minimum Gasteiger partial charge on any atom is -0.461 e. The zero-order chi connectivity index (χ0) is 17.9. The summed E-state index contributed by atoms with van der Waals surface area (Å²) < 4.78 is 12.9. The zero-order valence-corrected chi connectivity index (χ0v) is 16.0. The van der Waals surface area contributed by atoms with Gasteiger partial charge in [-0.2, -0.15) is 16.3 Å². The third-order valence-corrected chi connectivity index (χ3v) is 5.22. The molecule has 0 fully saturated rings. The van der Waals surface area contributed by atoms with Crippen LogP contribution in [0.4, 0.5) is 0 Å². The van der Waals surface area contributed by atoms with E-state index < -0.39 is 0 Å². The molecule has 26 heavy (non-hydrogen) atoms. The molecule has 0 radical (unpaired) electrons. The molecule has 0 amide bonds. The molecule has 4 rings (SSSR count). The van der Waals surface area contributed by atoms with Crippen LogP contribution in [0.3, 0.4) is 0 Å². The van der Waals surface area contributed by atoms with Crippen molar-refractivity contribution >= 4 is 23.1 Å². The molecule has 9 heteroatoms. The summed E-state index contributed by atoms with van der Waals surface area (Å²) in [5.41, 5.74) is 0.946. The molecule has 0 atom stereocenters. The summed E-state index contributed by atoms with van der Waals surface area (Å²) in [5, 5.41) is 17.5. The fourth-order valence-corrected chi connectivity index (χ4v) is 3.88. The second kappa shape index (κ2) is 7.46. The Morgan fingerprint density at radius 2 is 2.19 bits per heavy atom. The van der Waals surface area contributed by atoms with Crippen LogP contribution in [0.15, 0.2) is 49.3 Å². The lowest BCUT2D eigenvalue weighted by atomic mass is 10.2. The molecule has 4 aromatic rings. The van der Waals surface area contributed by atoms with Gasteiger partial charge in [0.25, 0.3) is 5.89 Å². The first-order valence-corrected chi connectivity index (χ1v) is 10.1. The molecule has 0 unspecified atom stereocenters. The molecule has 0 saturated heterocycles. The van der Waals surface area contributed by atoms with Gasteiger partial charge in [0.2, 0.25) is 0 Å². The van der Waals surface area contributed by atoms with E-state index >= 15 is 0 Å². The summed E-state index contributed by atoms with van der Waals surface area (Å²) in [7, 11) is 0. The summed E-state index contributed by atoms with van der Waals surface area (Å²) >= 11 is 3.14. The summed E-state index contributed by atoms with van der Waals surface area (Å²) in [5.74, 6) is 3.63. The van der Waals surface area contributed by atoms with Gasteiger partial charge in [-0.3, -0.25) is 4.57 Å². The number of nitrogens with zero attached hydrogens (tertiary/aromatic N) is 5. The molecule has 0 N–H and O–H groups in total. The topological polar surface area (TPSA) is 82.8 Å². The third kappa shape index (κ3) is 3.58. The molecule has 0 saturated carbocycles. The SMILES string of the molecule is CC(C)Cn1c(SCc2noc(-c3ccsc3)n2)nnc1-c1ccco1. The number of aromatic nitrogens is 5. The quantitative estimate of drug-likeness (QED) is 0.429. The van der Waals surface area contributed by atoms with Crippen LogP contribution in [0.5, 0.6) is 0 Å². The predicted octanol–water partition coefficient (Wildman–Crippen LogP) is 4.60. The molecule has 0 aliphatic heterocycles. The highest BCUT2D eigenvalue weighted by Gasteiger charge is 2.18. The van der Waals surface area contributed by atoms with E-state index in [0.29, 0.717) is 29.1 Å². The predicted molar refractivity (Wildman–Crippen MR) is 99.7 cm³/mol. The van der Waals surface area contributed by atoms with Gasteiger partial charge in [0, 0.05) is 11.9 Å². The number of furan rings is 1. The lowest BCUT2D eigenvalue weighted by molar-refractivity contribution is 0.425. The van der Waals surface area contributed by atoms with E-state index in [4.69, 9.17) is 8.94 Å². The van der Waals surface area contributed by atoms with Crippen LogP contribution >= 0.6 is 23.1 Å². The van der Waals surface area contributed by atoms with E-state index in [1.165, 1.54) is 11.8 Å². The maximum absolute atomic E-state index is 5.49. The lowest BCUT2D eigenvalue weighted by Gasteiger charge is -2.10. The maximum atomic E-state index is 5.49. The Hall–Kier alpha value is -2.39. The van der Waals surface area contributed by atoms with E-state index in [-0.39, 0.29) is 0 Å². The first kappa shape index (κ1) is 17.0. The highest BCUT2D eigenvalue weighted by molar-refractivity contribution is 7.98. The Morgan fingerprint density at radius 3 is 2.92 bits per heavy atom. The number of hydrogen-bond acceptors (Lipinski definition) is 8. The molecule has 4 aromatic heterocycles. The van der Waals surface area contributed by atoms with Gasteiger partial charge in [-0.1, -0.05) is 30.8 Å². The number of thioether (sulfide) groups is 1. The first-order chi connectivity index (χ1) is 12.7. The summed E-state index contributed by atoms with van der Waals surface area (Å²) in [6, 6.07) is 5.70. The van der Waals surface area contributed by atoms with Gasteiger partial charge >= 0.3 is 0 Å². The molecule has 0 aliphatic carbocycles. The van der Waals surface area contributed by atoms with Crippen LogP contribution in [-0.4, -0.2) is 24.9 Å². The van der Waals surface area contributed by atoms with Crippen molar-refractivity contribution in [2.75, 3.05) is 0 Å². The van der Waals surface area contributed by atoms with Crippen LogP contribution in [-0.2, 0) is 12.3 Å². The van der Waals surface area contributed by atoms with Crippen molar-refractivity contribution in [1.82, 2.24) is 24.9 Å². The Balaban J connectivity index is 1.53. The highest BCUT2D eigenvalue weighted by atomic mass is 32.2. The number of rotatable bonds is 7. The van der Waals surface area contributed by atoms with Crippen LogP contribution in [0.25, 0.3) is 23.0 Å². The van der Waals surface area contributed by atoms with Gasteiger partial charge in [0.05, 0.1) is 17.6 Å². The van der Waals surface area contributed by atoms with E-state index in [2.05, 4.69) is 38.8 Å². The molecule has 134 valence electrons. The number of hydrogen-bond donors (Lipinski definition) is 0. The molecular weight excluding hydrogens is 370 g/mol. The smallest absolute Gasteiger partial charge is 0.258 e. The van der Waals surface area contributed by atoms with E-state index in [1.807, 2.05) is 29.0 Å². The summed E-state index contributed by atoms with van der Waals surface area (Å²) in [4.78, 5) is 4.45. The Labute approximate surface area is 158 Å². The number of thiophene rings is 1. The van der Waals surface area contributed by atoms with Gasteiger partial charge in [-0.15, -0.1) is 10.2 Å². The normalized spacial score (nSPS) is 11.5. The van der Waals surface area contributed by atoms with Crippen molar-refractivity contribution in [2.45, 2.75) is 31.3 Å². The Bertz CT molecular complexity index is 958. The van der Waals surface area contributed by atoms with Gasteiger partial charge < -0.3 is 8.94 Å². The highest BCUT2D eigenvalue weighted by Crippen LogP contribution is 2.28. The van der Waals surface area contributed by atoms with Crippen molar-refractivity contribution in [1.29, 1.82) is 0 Å². The third-order valence-electron chi connectivity index (χ3n) is 3.57. The Morgan fingerprint density at radius 1 is 1.27 bits per heavy atom. The molecule has 0 spiro atoms. The molecular formula is C17H17N5O2S2. The molecule has 0 bridgehead atoms. The minimum atomic E-state index is 0.453. The average molecular weight is 387 g/mol. The zero-order valence-electron chi connectivity index (χ0n) is 14.3. The molecule has 0 aliphatic rings. The van der Waals surface area contributed by atoms with Crippen molar-refractivity contribution in [3.63, 3.8) is 0 Å². The van der Waals surface area contributed by atoms with Gasteiger partial charge in [-0.25, -0.2) is 0 Å². The summed E-state index contributed by atoms with van der Waals surface area (Å²) in [6.45, 7) is 5.12. The van der Waals surface area contributed by atoms with Crippen molar-refractivity contribution < 1.29 is 8.94 Å². The fourth-order valence-electron chi connectivity index (χ4n) is 2.46. The van der Waals surface area contributed by atoms with E-state index in [9.17, 15) is 0 Å². The largest absolute Gasteiger partial charge is 0.461 e. The van der Waals surface area contributed by atoms with Crippen molar-refractivity contribution in [3.8, 4) is 23.0 Å². The molecule has 4 heterocycles. The minimum absolute atomic E-state index is 0.453. The van der Waals surface area contributed by atoms with Crippen LogP contribution in [0.1, 0.15) is 19.7 Å². The molecule has 0 aromatic carbocycles. The van der Waals surface area contributed by atoms with E-state index in [0.717, 1.165) is 23.1 Å². The van der Waals surface area contributed by atoms with Crippen molar-refractivity contribution in [2.24, 2.45) is 5.92 Å². The van der Waals surface area contributed by atoms with E-state index in [1.54, 1.807) is 17.6 Å². The lowest BCUT2D eigenvalue weighted by Crippen LogP contribution is -2.07. The van der Waals surface area contributed by atoms with Gasteiger partial charge in [0.1, 0.15) is 0 Å².